The van der Waals surface area contributed by atoms with Crippen LogP contribution in [0.25, 0.3) is 0 Å². The Morgan fingerprint density at radius 3 is 2.10 bits per heavy atom. The van der Waals surface area contributed by atoms with Gasteiger partial charge in [-0.3, -0.25) is 9.52 Å². The van der Waals surface area contributed by atoms with Gasteiger partial charge in [0.15, 0.2) is 6.10 Å². The number of sulfonamides is 1. The van der Waals surface area contributed by atoms with Crippen LogP contribution < -0.4 is 14.8 Å². The summed E-state index contributed by atoms with van der Waals surface area (Å²) in [4.78, 5) is 12.3. The Labute approximate surface area is 178 Å². The van der Waals surface area contributed by atoms with E-state index in [1.807, 2.05) is 0 Å². The van der Waals surface area contributed by atoms with E-state index in [9.17, 15) is 17.6 Å². The van der Waals surface area contributed by atoms with E-state index >= 15 is 0 Å². The molecule has 3 rings (SSSR count). The maximum atomic E-state index is 12.9. The third-order valence-electron chi connectivity index (χ3n) is 4.02. The number of benzene rings is 3. The molecule has 0 spiro atoms. The van der Waals surface area contributed by atoms with Gasteiger partial charge in [0.25, 0.3) is 15.9 Å². The highest BCUT2D eigenvalue weighted by molar-refractivity contribution is 7.92. The first kappa shape index (κ1) is 21.6. The van der Waals surface area contributed by atoms with Crippen LogP contribution in [-0.4, -0.2) is 20.4 Å². The van der Waals surface area contributed by atoms with Crippen LogP contribution in [0.1, 0.15) is 6.92 Å². The fourth-order valence-corrected chi connectivity index (χ4v) is 3.65. The third-order valence-corrected chi connectivity index (χ3v) is 5.67. The number of ether oxygens (including phenoxy) is 1. The Bertz CT molecular complexity index is 1120. The first-order valence-corrected chi connectivity index (χ1v) is 10.7. The van der Waals surface area contributed by atoms with Gasteiger partial charge in [-0.2, -0.15) is 0 Å². The van der Waals surface area contributed by atoms with Crippen LogP contribution in [0.3, 0.4) is 0 Å². The predicted octanol–water partition coefficient (Wildman–Crippen LogP) is 4.69. The topological polar surface area (TPSA) is 84.5 Å². The van der Waals surface area contributed by atoms with Crippen molar-refractivity contribution in [3.8, 4) is 5.75 Å². The lowest BCUT2D eigenvalue weighted by Gasteiger charge is -2.15. The molecular formula is C21H18ClFN2O4S. The molecule has 0 heterocycles. The molecule has 156 valence electrons. The number of carbonyl (C=O) groups is 1. The highest BCUT2D eigenvalue weighted by Crippen LogP contribution is 2.20. The van der Waals surface area contributed by atoms with Crippen molar-refractivity contribution in [3.63, 3.8) is 0 Å². The molecule has 1 amide bonds. The van der Waals surface area contributed by atoms with Gasteiger partial charge in [0.1, 0.15) is 11.6 Å². The highest BCUT2D eigenvalue weighted by atomic mass is 35.5. The van der Waals surface area contributed by atoms with Crippen molar-refractivity contribution in [2.24, 2.45) is 0 Å². The quantitative estimate of drug-likeness (QED) is 0.549. The molecule has 0 unspecified atom stereocenters. The molecule has 0 aliphatic heterocycles. The summed E-state index contributed by atoms with van der Waals surface area (Å²) in [5, 5.41) is 3.14. The molecule has 2 N–H and O–H groups in total. The summed E-state index contributed by atoms with van der Waals surface area (Å²) < 4.78 is 45.8. The van der Waals surface area contributed by atoms with Gasteiger partial charge in [0, 0.05) is 16.4 Å². The van der Waals surface area contributed by atoms with Crippen LogP contribution in [0, 0.1) is 5.82 Å². The molecule has 0 fully saturated rings. The maximum absolute atomic E-state index is 12.9. The lowest BCUT2D eigenvalue weighted by Crippen LogP contribution is -2.30. The van der Waals surface area contributed by atoms with Crippen molar-refractivity contribution < 1.29 is 22.3 Å². The predicted molar refractivity (Wildman–Crippen MR) is 114 cm³/mol. The van der Waals surface area contributed by atoms with Crippen molar-refractivity contribution in [1.82, 2.24) is 0 Å². The third kappa shape index (κ3) is 5.71. The Balaban J connectivity index is 1.62. The van der Waals surface area contributed by atoms with Crippen LogP contribution in [0.4, 0.5) is 15.8 Å². The lowest BCUT2D eigenvalue weighted by molar-refractivity contribution is -0.122. The van der Waals surface area contributed by atoms with Gasteiger partial charge in [0.2, 0.25) is 0 Å². The van der Waals surface area contributed by atoms with Crippen molar-refractivity contribution in [3.05, 3.63) is 83.6 Å². The Morgan fingerprint density at radius 1 is 0.933 bits per heavy atom. The maximum Gasteiger partial charge on any atom is 0.265 e. The van der Waals surface area contributed by atoms with E-state index in [0.717, 1.165) is 0 Å². The van der Waals surface area contributed by atoms with Crippen molar-refractivity contribution >= 4 is 38.9 Å². The zero-order valence-corrected chi connectivity index (χ0v) is 17.4. The van der Waals surface area contributed by atoms with E-state index in [0.29, 0.717) is 22.1 Å². The zero-order chi connectivity index (χ0) is 21.7. The largest absolute Gasteiger partial charge is 0.481 e. The number of anilines is 2. The van der Waals surface area contributed by atoms with E-state index in [-0.39, 0.29) is 4.90 Å². The molecular weight excluding hydrogens is 431 g/mol. The Hall–Kier alpha value is -3.10. The Morgan fingerprint density at radius 2 is 1.50 bits per heavy atom. The number of hydrogen-bond donors (Lipinski definition) is 2. The number of halogens is 2. The molecule has 30 heavy (non-hydrogen) atoms. The second-order valence-corrected chi connectivity index (χ2v) is 8.46. The minimum atomic E-state index is -3.79. The molecule has 3 aromatic carbocycles. The van der Waals surface area contributed by atoms with E-state index < -0.39 is 27.9 Å². The molecule has 3 aromatic rings. The van der Waals surface area contributed by atoms with Crippen molar-refractivity contribution in [2.75, 3.05) is 10.0 Å². The lowest BCUT2D eigenvalue weighted by atomic mass is 10.3. The average Bonchev–Trinajstić information content (AvgIpc) is 2.71. The summed E-state index contributed by atoms with van der Waals surface area (Å²) >= 11 is 5.80. The minimum Gasteiger partial charge on any atom is -0.481 e. The number of nitrogens with one attached hydrogen (secondary N) is 2. The van der Waals surface area contributed by atoms with Crippen LogP contribution >= 0.6 is 11.6 Å². The first-order chi connectivity index (χ1) is 14.2. The summed E-state index contributed by atoms with van der Waals surface area (Å²) in [6, 6.07) is 17.3. The van der Waals surface area contributed by atoms with Gasteiger partial charge in [-0.25, -0.2) is 12.8 Å². The fraction of sp³-hybridized carbons (Fsp3) is 0.0952. The van der Waals surface area contributed by atoms with Crippen LogP contribution in [0.5, 0.6) is 5.75 Å². The van der Waals surface area contributed by atoms with Gasteiger partial charge in [-0.1, -0.05) is 11.6 Å². The molecule has 0 saturated heterocycles. The number of amides is 1. The monoisotopic (exact) mass is 448 g/mol. The van der Waals surface area contributed by atoms with Crippen LogP contribution in [0.2, 0.25) is 5.02 Å². The molecule has 0 radical (unpaired) electrons. The minimum absolute atomic E-state index is 0.0334. The number of rotatable bonds is 7. The standard InChI is InChI=1S/C21H18ClFN2O4S/c1-14(29-19-10-4-16(23)5-11-19)21(26)24-17-8-12-20(13-9-17)30(27,28)25-18-6-2-15(22)3-7-18/h2-14,25H,1H3,(H,24,26)/t14-/m0/s1. The number of hydrogen-bond acceptors (Lipinski definition) is 4. The zero-order valence-electron chi connectivity index (χ0n) is 15.8. The summed E-state index contributed by atoms with van der Waals surface area (Å²) in [5.74, 6) is -0.483. The molecule has 0 aliphatic carbocycles. The number of carbonyl (C=O) groups excluding carboxylic acids is 1. The van der Waals surface area contributed by atoms with Crippen molar-refractivity contribution in [2.45, 2.75) is 17.9 Å². The second-order valence-electron chi connectivity index (χ2n) is 6.34. The van der Waals surface area contributed by atoms with Crippen molar-refractivity contribution in [1.29, 1.82) is 0 Å². The molecule has 6 nitrogen and oxygen atoms in total. The van der Waals surface area contributed by atoms with Gasteiger partial charge < -0.3 is 10.1 Å². The summed E-state index contributed by atoms with van der Waals surface area (Å²) in [7, 11) is -3.79. The SMILES string of the molecule is C[C@H](Oc1ccc(F)cc1)C(=O)Nc1ccc(S(=O)(=O)Nc2ccc(Cl)cc2)cc1. The Kier molecular flexibility index (Phi) is 6.59. The fourth-order valence-electron chi connectivity index (χ4n) is 2.46. The summed E-state index contributed by atoms with van der Waals surface area (Å²) in [6.45, 7) is 1.55. The van der Waals surface area contributed by atoms with E-state index in [4.69, 9.17) is 16.3 Å². The van der Waals surface area contributed by atoms with E-state index in [2.05, 4.69) is 10.0 Å². The molecule has 0 aliphatic rings. The average molecular weight is 449 g/mol. The molecule has 0 aromatic heterocycles. The van der Waals surface area contributed by atoms with Gasteiger partial charge in [0.05, 0.1) is 4.90 Å². The van der Waals surface area contributed by atoms with Gasteiger partial charge >= 0.3 is 0 Å². The van der Waals surface area contributed by atoms with Crippen LogP contribution in [0.15, 0.2) is 77.7 Å². The smallest absolute Gasteiger partial charge is 0.265 e. The molecule has 1 atom stereocenters. The highest BCUT2D eigenvalue weighted by Gasteiger charge is 2.17. The summed E-state index contributed by atoms with van der Waals surface area (Å²) in [5.41, 5.74) is 0.781. The van der Waals surface area contributed by atoms with Gasteiger partial charge in [-0.05, 0) is 79.7 Å². The molecule has 0 bridgehead atoms. The first-order valence-electron chi connectivity index (χ1n) is 8.84. The van der Waals surface area contributed by atoms with E-state index in [1.54, 1.807) is 31.2 Å². The summed E-state index contributed by atoms with van der Waals surface area (Å²) in [6.07, 6.45) is -0.842. The second kappa shape index (κ2) is 9.15. The van der Waals surface area contributed by atoms with Crippen LogP contribution in [-0.2, 0) is 14.8 Å². The van der Waals surface area contributed by atoms with Gasteiger partial charge in [-0.15, -0.1) is 0 Å². The van der Waals surface area contributed by atoms with E-state index in [1.165, 1.54) is 48.5 Å². The molecule has 0 saturated carbocycles. The normalized spacial score (nSPS) is 12.1. The molecule has 9 heteroatoms.